The second-order valence-corrected chi connectivity index (χ2v) is 5.41. The summed E-state index contributed by atoms with van der Waals surface area (Å²) in [5.74, 6) is 0.371. The fraction of sp³-hybridized carbons (Fsp3) is 0.200. The highest BCUT2D eigenvalue weighted by Gasteiger charge is 2.11. The average molecular weight is 356 g/mol. The molecule has 136 valence electrons. The number of carbonyl (C=O) groups is 2. The summed E-state index contributed by atoms with van der Waals surface area (Å²) < 4.78 is 15.5. The molecule has 2 rings (SSSR count). The first-order valence-electron chi connectivity index (χ1n) is 7.81. The van der Waals surface area contributed by atoms with Gasteiger partial charge in [-0.3, -0.25) is 9.59 Å². The lowest BCUT2D eigenvalue weighted by Crippen LogP contribution is -2.04. The Balaban J connectivity index is 2.24. The van der Waals surface area contributed by atoms with Crippen molar-refractivity contribution in [2.75, 3.05) is 21.3 Å². The Hall–Kier alpha value is -3.28. The number of carboxylic acids is 1. The summed E-state index contributed by atoms with van der Waals surface area (Å²) in [5.41, 5.74) is 1.61. The summed E-state index contributed by atoms with van der Waals surface area (Å²) in [6.45, 7) is 0. The fourth-order valence-electron chi connectivity index (χ4n) is 2.46. The van der Waals surface area contributed by atoms with Gasteiger partial charge in [-0.25, -0.2) is 0 Å². The number of ether oxygens (including phenoxy) is 3. The number of hydrogen-bond acceptors (Lipinski definition) is 5. The monoisotopic (exact) mass is 356 g/mol. The molecule has 0 spiro atoms. The Morgan fingerprint density at radius 3 is 2.19 bits per heavy atom. The number of benzene rings is 2. The van der Waals surface area contributed by atoms with Crippen molar-refractivity contribution in [2.24, 2.45) is 0 Å². The van der Waals surface area contributed by atoms with Crippen LogP contribution >= 0.6 is 0 Å². The molecular weight excluding hydrogens is 336 g/mol. The minimum Gasteiger partial charge on any atom is -0.496 e. The fourth-order valence-corrected chi connectivity index (χ4v) is 2.46. The van der Waals surface area contributed by atoms with E-state index in [1.807, 2.05) is 0 Å². The van der Waals surface area contributed by atoms with Gasteiger partial charge in [-0.15, -0.1) is 0 Å². The molecule has 2 aromatic carbocycles. The third kappa shape index (κ3) is 4.63. The van der Waals surface area contributed by atoms with Gasteiger partial charge in [0.15, 0.2) is 17.3 Å². The molecule has 0 saturated heterocycles. The molecule has 0 bridgehead atoms. The van der Waals surface area contributed by atoms with Crippen LogP contribution in [-0.4, -0.2) is 38.2 Å². The van der Waals surface area contributed by atoms with Crippen molar-refractivity contribution in [1.82, 2.24) is 0 Å². The van der Waals surface area contributed by atoms with Gasteiger partial charge in [-0.2, -0.15) is 0 Å². The van der Waals surface area contributed by atoms with E-state index >= 15 is 0 Å². The molecular formula is C20H20O6. The maximum atomic E-state index is 12.4. The lowest BCUT2D eigenvalue weighted by Gasteiger charge is -2.08. The van der Waals surface area contributed by atoms with E-state index in [1.165, 1.54) is 26.4 Å². The molecule has 1 N–H and O–H groups in total. The van der Waals surface area contributed by atoms with Gasteiger partial charge in [0, 0.05) is 11.1 Å². The first-order valence-corrected chi connectivity index (χ1v) is 7.81. The number of rotatable bonds is 8. The lowest BCUT2D eigenvalue weighted by molar-refractivity contribution is -0.136. The Labute approximate surface area is 151 Å². The first kappa shape index (κ1) is 19.1. The van der Waals surface area contributed by atoms with Gasteiger partial charge in [0.2, 0.25) is 0 Å². The van der Waals surface area contributed by atoms with Crippen molar-refractivity contribution in [1.29, 1.82) is 0 Å². The Morgan fingerprint density at radius 2 is 1.58 bits per heavy atom. The van der Waals surface area contributed by atoms with E-state index in [2.05, 4.69) is 0 Å². The van der Waals surface area contributed by atoms with E-state index in [4.69, 9.17) is 19.3 Å². The second-order valence-electron chi connectivity index (χ2n) is 5.41. The van der Waals surface area contributed by atoms with Crippen molar-refractivity contribution in [2.45, 2.75) is 6.42 Å². The molecule has 0 atom stereocenters. The van der Waals surface area contributed by atoms with Gasteiger partial charge in [0.1, 0.15) is 5.75 Å². The van der Waals surface area contributed by atoms with Crippen LogP contribution in [0.1, 0.15) is 21.5 Å². The van der Waals surface area contributed by atoms with Crippen LogP contribution in [0.2, 0.25) is 0 Å². The van der Waals surface area contributed by atoms with Gasteiger partial charge in [-0.1, -0.05) is 12.1 Å². The molecule has 0 aliphatic carbocycles. The van der Waals surface area contributed by atoms with Crippen LogP contribution in [0, 0.1) is 0 Å². The first-order chi connectivity index (χ1) is 12.5. The van der Waals surface area contributed by atoms with E-state index in [1.54, 1.807) is 43.5 Å². The van der Waals surface area contributed by atoms with Crippen LogP contribution < -0.4 is 14.2 Å². The predicted octanol–water partition coefficient (Wildman–Crippen LogP) is 3.24. The topological polar surface area (TPSA) is 82.1 Å². The second kappa shape index (κ2) is 8.71. The maximum absolute atomic E-state index is 12.4. The Kier molecular flexibility index (Phi) is 6.38. The van der Waals surface area contributed by atoms with E-state index in [0.29, 0.717) is 28.4 Å². The maximum Gasteiger partial charge on any atom is 0.307 e. The predicted molar refractivity (Wildman–Crippen MR) is 97.2 cm³/mol. The number of methoxy groups -OCH3 is 3. The average Bonchev–Trinajstić information content (AvgIpc) is 2.65. The highest BCUT2D eigenvalue weighted by atomic mass is 16.5. The minimum atomic E-state index is -0.992. The SMILES string of the molecule is COc1ccc(C(=O)/C=C/c2ccc(OC)c(OC)c2)cc1CC(=O)O. The van der Waals surface area contributed by atoms with E-state index in [0.717, 1.165) is 5.56 Å². The molecule has 0 aromatic heterocycles. The molecule has 0 aliphatic heterocycles. The number of carbonyl (C=O) groups excluding carboxylic acids is 1. The van der Waals surface area contributed by atoms with Gasteiger partial charge < -0.3 is 19.3 Å². The molecule has 26 heavy (non-hydrogen) atoms. The van der Waals surface area contributed by atoms with Crippen LogP contribution in [-0.2, 0) is 11.2 Å². The summed E-state index contributed by atoms with van der Waals surface area (Å²) in [7, 11) is 4.55. The quantitative estimate of drug-likeness (QED) is 0.578. The number of ketones is 1. The van der Waals surface area contributed by atoms with Crippen LogP contribution in [0.5, 0.6) is 17.2 Å². The van der Waals surface area contributed by atoms with Crippen molar-refractivity contribution in [3.63, 3.8) is 0 Å². The Morgan fingerprint density at radius 1 is 0.923 bits per heavy atom. The van der Waals surface area contributed by atoms with E-state index in [9.17, 15) is 9.59 Å². The summed E-state index contributed by atoms with van der Waals surface area (Å²) in [5, 5.41) is 8.98. The van der Waals surface area contributed by atoms with Gasteiger partial charge in [0.25, 0.3) is 0 Å². The Bertz CT molecular complexity index is 838. The third-order valence-corrected chi connectivity index (χ3v) is 3.74. The van der Waals surface area contributed by atoms with Crippen molar-refractivity contribution >= 4 is 17.8 Å². The van der Waals surface area contributed by atoms with Gasteiger partial charge in [0.05, 0.1) is 27.8 Å². The van der Waals surface area contributed by atoms with Crippen molar-refractivity contribution in [3.8, 4) is 17.2 Å². The molecule has 0 radical (unpaired) electrons. The van der Waals surface area contributed by atoms with Gasteiger partial charge >= 0.3 is 5.97 Å². The van der Waals surface area contributed by atoms with Crippen LogP contribution in [0.3, 0.4) is 0 Å². The molecule has 0 aliphatic rings. The molecule has 0 fully saturated rings. The third-order valence-electron chi connectivity index (χ3n) is 3.74. The zero-order valence-electron chi connectivity index (χ0n) is 14.8. The molecule has 6 nitrogen and oxygen atoms in total. The molecule has 2 aromatic rings. The summed E-state index contributed by atoms with van der Waals surface area (Å²) in [6.07, 6.45) is 2.86. The molecule has 0 heterocycles. The number of aliphatic carboxylic acids is 1. The molecule has 0 unspecified atom stereocenters. The summed E-state index contributed by atoms with van der Waals surface area (Å²) >= 11 is 0. The molecule has 6 heteroatoms. The largest absolute Gasteiger partial charge is 0.496 e. The highest BCUT2D eigenvalue weighted by molar-refractivity contribution is 6.07. The van der Waals surface area contributed by atoms with Crippen LogP contribution in [0.4, 0.5) is 0 Å². The number of allylic oxidation sites excluding steroid dienone is 1. The zero-order valence-corrected chi connectivity index (χ0v) is 14.8. The minimum absolute atomic E-state index is 0.219. The molecule has 0 saturated carbocycles. The lowest BCUT2D eigenvalue weighted by atomic mass is 10.0. The van der Waals surface area contributed by atoms with Crippen LogP contribution in [0.25, 0.3) is 6.08 Å². The normalized spacial score (nSPS) is 10.6. The zero-order chi connectivity index (χ0) is 19.1. The van der Waals surface area contributed by atoms with Crippen molar-refractivity contribution in [3.05, 3.63) is 59.2 Å². The van der Waals surface area contributed by atoms with E-state index in [-0.39, 0.29) is 12.2 Å². The molecule has 0 amide bonds. The number of carboxylic acid groups (broad SMARTS) is 1. The van der Waals surface area contributed by atoms with Crippen LogP contribution in [0.15, 0.2) is 42.5 Å². The standard InChI is InChI=1S/C20H20O6/c1-24-17-9-6-14(11-15(17)12-20(22)23)16(21)7-4-13-5-8-18(25-2)19(10-13)26-3/h4-11H,12H2,1-3H3,(H,22,23)/b7-4+. The smallest absolute Gasteiger partial charge is 0.307 e. The van der Waals surface area contributed by atoms with Crippen molar-refractivity contribution < 1.29 is 28.9 Å². The summed E-state index contributed by atoms with van der Waals surface area (Å²) in [6, 6.07) is 10.0. The van der Waals surface area contributed by atoms with Gasteiger partial charge in [-0.05, 0) is 42.0 Å². The highest BCUT2D eigenvalue weighted by Crippen LogP contribution is 2.28. The number of hydrogen-bond donors (Lipinski definition) is 1. The summed E-state index contributed by atoms with van der Waals surface area (Å²) in [4.78, 5) is 23.4. The van der Waals surface area contributed by atoms with E-state index < -0.39 is 5.97 Å².